The molecule has 0 spiro atoms. The Bertz CT molecular complexity index is 393. The monoisotopic (exact) mass is 253 g/mol. The summed E-state index contributed by atoms with van der Waals surface area (Å²) in [6, 6.07) is 0. The fraction of sp³-hybridized carbons (Fsp3) is 0.636. The summed E-state index contributed by atoms with van der Waals surface area (Å²) in [7, 11) is 1.57. The lowest BCUT2D eigenvalue weighted by Crippen LogP contribution is -2.35. The zero-order valence-corrected chi connectivity index (χ0v) is 10.5. The summed E-state index contributed by atoms with van der Waals surface area (Å²) in [6.07, 6.45) is 3.37. The van der Waals surface area contributed by atoms with E-state index in [9.17, 15) is 0 Å². The van der Waals surface area contributed by atoms with Crippen LogP contribution in [0, 0.1) is 5.92 Å². The Morgan fingerprint density at radius 3 is 2.78 bits per heavy atom. The second kappa shape index (κ2) is 5.83. The van der Waals surface area contributed by atoms with E-state index in [1.54, 1.807) is 7.11 Å². The molecule has 0 amide bonds. The van der Waals surface area contributed by atoms with Gasteiger partial charge in [-0.3, -0.25) is 0 Å². The molecule has 100 valence electrons. The fourth-order valence-electron chi connectivity index (χ4n) is 2.21. The van der Waals surface area contributed by atoms with E-state index < -0.39 is 0 Å². The lowest BCUT2D eigenvalue weighted by molar-refractivity contribution is 0.202. The molecule has 0 radical (unpaired) electrons. The number of methoxy groups -OCH3 is 1. The van der Waals surface area contributed by atoms with Gasteiger partial charge in [-0.25, -0.2) is 15.8 Å². The molecular formula is C11H19N5O2. The van der Waals surface area contributed by atoms with Crippen LogP contribution in [0.2, 0.25) is 0 Å². The zero-order chi connectivity index (χ0) is 13.0. The molecule has 0 atom stereocenters. The minimum atomic E-state index is 0.254. The van der Waals surface area contributed by atoms with Crippen LogP contribution in [-0.2, 0) is 0 Å². The van der Waals surface area contributed by atoms with Crippen molar-refractivity contribution in [3.05, 3.63) is 6.33 Å². The summed E-state index contributed by atoms with van der Waals surface area (Å²) in [5.74, 6) is 7.57. The molecule has 1 fully saturated rings. The lowest BCUT2D eigenvalue weighted by Gasteiger charge is -2.32. The maximum absolute atomic E-state index is 9.14. The Morgan fingerprint density at radius 1 is 1.50 bits per heavy atom. The Balaban J connectivity index is 2.18. The van der Waals surface area contributed by atoms with E-state index in [1.807, 2.05) is 0 Å². The number of nitrogens with two attached hydrogens (primary N) is 1. The number of nitrogen functional groups attached to an aromatic ring is 1. The molecule has 1 aromatic heterocycles. The smallest absolute Gasteiger partial charge is 0.205 e. The van der Waals surface area contributed by atoms with Crippen molar-refractivity contribution >= 4 is 11.6 Å². The highest BCUT2D eigenvalue weighted by Gasteiger charge is 2.23. The summed E-state index contributed by atoms with van der Waals surface area (Å²) in [6.45, 7) is 1.95. The number of aliphatic hydroxyl groups is 1. The van der Waals surface area contributed by atoms with Crippen LogP contribution in [0.1, 0.15) is 12.8 Å². The van der Waals surface area contributed by atoms with Crippen LogP contribution in [0.5, 0.6) is 5.75 Å². The van der Waals surface area contributed by atoms with Crippen LogP contribution in [0.4, 0.5) is 11.6 Å². The first-order chi connectivity index (χ1) is 8.80. The molecule has 2 rings (SSSR count). The van der Waals surface area contributed by atoms with E-state index in [4.69, 9.17) is 15.7 Å². The molecule has 1 aromatic rings. The Hall–Kier alpha value is -1.60. The number of aromatic nitrogens is 2. The fourth-order valence-corrected chi connectivity index (χ4v) is 2.21. The van der Waals surface area contributed by atoms with Crippen LogP contribution < -0.4 is 20.9 Å². The van der Waals surface area contributed by atoms with Crippen LogP contribution in [0.3, 0.4) is 0 Å². The Morgan fingerprint density at radius 2 is 2.22 bits per heavy atom. The number of ether oxygens (including phenoxy) is 1. The highest BCUT2D eigenvalue weighted by Crippen LogP contribution is 2.33. The van der Waals surface area contributed by atoms with Crippen molar-refractivity contribution in [2.75, 3.05) is 37.1 Å². The normalized spacial score (nSPS) is 16.7. The SMILES string of the molecule is COc1c(NN)ncnc1N1CCC(CO)CC1. The van der Waals surface area contributed by atoms with Crippen LogP contribution >= 0.6 is 0 Å². The van der Waals surface area contributed by atoms with Crippen molar-refractivity contribution in [1.82, 2.24) is 9.97 Å². The number of nitrogens with one attached hydrogen (secondary N) is 1. The Kier molecular flexibility index (Phi) is 4.16. The molecule has 7 heteroatoms. The van der Waals surface area contributed by atoms with Gasteiger partial charge in [-0.15, -0.1) is 0 Å². The van der Waals surface area contributed by atoms with Gasteiger partial charge in [-0.05, 0) is 18.8 Å². The van der Waals surface area contributed by atoms with E-state index >= 15 is 0 Å². The molecule has 0 saturated carbocycles. The third-order valence-corrected chi connectivity index (χ3v) is 3.30. The van der Waals surface area contributed by atoms with Gasteiger partial charge in [-0.1, -0.05) is 0 Å². The molecule has 1 saturated heterocycles. The predicted octanol–water partition coefficient (Wildman–Crippen LogP) is -0.0205. The first-order valence-corrected chi connectivity index (χ1v) is 6.01. The summed E-state index contributed by atoms with van der Waals surface area (Å²) < 4.78 is 5.32. The largest absolute Gasteiger partial charge is 0.490 e. The molecule has 18 heavy (non-hydrogen) atoms. The van der Waals surface area contributed by atoms with E-state index in [1.165, 1.54) is 6.33 Å². The summed E-state index contributed by atoms with van der Waals surface area (Å²) in [5, 5.41) is 9.14. The average molecular weight is 253 g/mol. The van der Waals surface area contributed by atoms with E-state index in [-0.39, 0.29) is 6.61 Å². The molecular weight excluding hydrogens is 234 g/mol. The van der Waals surface area contributed by atoms with Gasteiger partial charge in [0.1, 0.15) is 6.33 Å². The first-order valence-electron chi connectivity index (χ1n) is 6.01. The maximum Gasteiger partial charge on any atom is 0.205 e. The number of nitrogens with zero attached hydrogens (tertiary/aromatic N) is 3. The molecule has 1 aliphatic rings. The van der Waals surface area contributed by atoms with Crippen molar-refractivity contribution in [1.29, 1.82) is 0 Å². The van der Waals surface area contributed by atoms with Gasteiger partial charge in [0.2, 0.25) is 5.75 Å². The van der Waals surface area contributed by atoms with Crippen LogP contribution in [0.25, 0.3) is 0 Å². The van der Waals surface area contributed by atoms with Crippen LogP contribution in [0.15, 0.2) is 6.33 Å². The summed E-state index contributed by atoms with van der Waals surface area (Å²) in [4.78, 5) is 10.4. The molecule has 0 aromatic carbocycles. The summed E-state index contributed by atoms with van der Waals surface area (Å²) in [5.41, 5.74) is 2.50. The van der Waals surface area contributed by atoms with Gasteiger partial charge < -0.3 is 20.2 Å². The molecule has 1 aliphatic heterocycles. The standard InChI is InChI=1S/C11H19N5O2/c1-18-9-10(15-12)13-7-14-11(9)16-4-2-8(6-17)3-5-16/h7-8,17H,2-6,12H2,1H3,(H,13,14,15). The molecule has 0 bridgehead atoms. The zero-order valence-electron chi connectivity index (χ0n) is 10.5. The minimum Gasteiger partial charge on any atom is -0.490 e. The highest BCUT2D eigenvalue weighted by molar-refractivity contribution is 5.64. The van der Waals surface area contributed by atoms with Crippen LogP contribution in [-0.4, -0.2) is 41.9 Å². The first kappa shape index (κ1) is 12.8. The van der Waals surface area contributed by atoms with Crippen molar-refractivity contribution in [2.24, 2.45) is 11.8 Å². The van der Waals surface area contributed by atoms with Gasteiger partial charge in [0.05, 0.1) is 7.11 Å². The maximum atomic E-state index is 9.14. The van der Waals surface area contributed by atoms with E-state index in [0.717, 1.165) is 31.7 Å². The second-order valence-corrected chi connectivity index (χ2v) is 4.34. The third-order valence-electron chi connectivity index (χ3n) is 3.30. The van der Waals surface area contributed by atoms with Crippen molar-refractivity contribution < 1.29 is 9.84 Å². The lowest BCUT2D eigenvalue weighted by atomic mass is 9.98. The number of aliphatic hydroxyl groups excluding tert-OH is 1. The topological polar surface area (TPSA) is 96.5 Å². The van der Waals surface area contributed by atoms with Crippen molar-refractivity contribution in [3.63, 3.8) is 0 Å². The molecule has 0 unspecified atom stereocenters. The second-order valence-electron chi connectivity index (χ2n) is 4.34. The number of piperidine rings is 1. The minimum absolute atomic E-state index is 0.254. The average Bonchev–Trinajstić information content (AvgIpc) is 2.46. The molecule has 2 heterocycles. The van der Waals surface area contributed by atoms with Crippen molar-refractivity contribution in [2.45, 2.75) is 12.8 Å². The molecule has 7 nitrogen and oxygen atoms in total. The number of hydrogen-bond donors (Lipinski definition) is 3. The van der Waals surface area contributed by atoms with Gasteiger partial charge in [0, 0.05) is 19.7 Å². The summed E-state index contributed by atoms with van der Waals surface area (Å²) >= 11 is 0. The number of hydrazine groups is 1. The quantitative estimate of drug-likeness (QED) is 0.512. The van der Waals surface area contributed by atoms with Gasteiger partial charge in [0.15, 0.2) is 11.6 Å². The number of anilines is 2. The third kappa shape index (κ3) is 2.46. The Labute approximate surface area is 106 Å². The van der Waals surface area contributed by atoms with E-state index in [2.05, 4.69) is 20.3 Å². The predicted molar refractivity (Wildman–Crippen MR) is 68.4 cm³/mol. The highest BCUT2D eigenvalue weighted by atomic mass is 16.5. The van der Waals surface area contributed by atoms with E-state index in [0.29, 0.717) is 17.5 Å². The van der Waals surface area contributed by atoms with Gasteiger partial charge in [0.25, 0.3) is 0 Å². The molecule has 4 N–H and O–H groups in total. The number of rotatable bonds is 4. The van der Waals surface area contributed by atoms with Gasteiger partial charge in [-0.2, -0.15) is 0 Å². The van der Waals surface area contributed by atoms with Gasteiger partial charge >= 0.3 is 0 Å². The number of hydrogen-bond acceptors (Lipinski definition) is 7. The van der Waals surface area contributed by atoms with Crippen molar-refractivity contribution in [3.8, 4) is 5.75 Å². The molecule has 0 aliphatic carbocycles.